The highest BCUT2D eigenvalue weighted by atomic mass is 16.6. The second-order valence-electron chi connectivity index (χ2n) is 6.75. The molecule has 1 heterocycles. The van der Waals surface area contributed by atoms with Crippen molar-refractivity contribution in [1.29, 1.82) is 0 Å². The van der Waals surface area contributed by atoms with E-state index >= 15 is 0 Å². The number of hydrogen-bond acceptors (Lipinski definition) is 6. The summed E-state index contributed by atoms with van der Waals surface area (Å²) in [6.45, 7) is 7.07. The maximum Gasteiger partial charge on any atom is 0.407 e. The summed E-state index contributed by atoms with van der Waals surface area (Å²) in [5, 5.41) is 2.54. The predicted molar refractivity (Wildman–Crippen MR) is 90.1 cm³/mol. The van der Waals surface area contributed by atoms with Gasteiger partial charge in [0.2, 0.25) is 5.91 Å². The highest BCUT2D eigenvalue weighted by molar-refractivity contribution is 5.82. The number of piperazine rings is 1. The Morgan fingerprint density at radius 2 is 1.60 bits per heavy atom. The molecule has 0 aromatic carbocycles. The molecule has 0 aliphatic carbocycles. The molecule has 1 aliphatic rings. The van der Waals surface area contributed by atoms with Gasteiger partial charge in [-0.15, -0.1) is 0 Å². The Bertz CT molecular complexity index is 469. The molecule has 1 fully saturated rings. The van der Waals surface area contributed by atoms with E-state index in [1.54, 1.807) is 30.6 Å². The van der Waals surface area contributed by atoms with Crippen LogP contribution in [0.3, 0.4) is 0 Å². The summed E-state index contributed by atoms with van der Waals surface area (Å²) in [5.41, 5.74) is -0.609. The zero-order chi connectivity index (χ0) is 19.0. The number of nitrogens with zero attached hydrogens (tertiary/aromatic N) is 2. The Hall–Kier alpha value is -1.87. The van der Waals surface area contributed by atoms with Crippen LogP contribution in [0.25, 0.3) is 0 Å². The fourth-order valence-corrected chi connectivity index (χ4v) is 2.36. The molecule has 9 heteroatoms. The summed E-state index contributed by atoms with van der Waals surface area (Å²) in [6.07, 6.45) is -1.40. The summed E-state index contributed by atoms with van der Waals surface area (Å²) in [5.74, 6) is -0.318. The first-order chi connectivity index (χ1) is 11.7. The average molecular weight is 359 g/mol. The van der Waals surface area contributed by atoms with Crippen LogP contribution in [0, 0.1) is 0 Å². The van der Waals surface area contributed by atoms with Crippen molar-refractivity contribution in [3.05, 3.63) is 0 Å². The molecule has 1 saturated heterocycles. The molecular weight excluding hydrogens is 330 g/mol. The first-order valence-corrected chi connectivity index (χ1v) is 8.23. The molecule has 0 saturated carbocycles. The van der Waals surface area contributed by atoms with Gasteiger partial charge in [0.1, 0.15) is 12.2 Å². The summed E-state index contributed by atoms with van der Waals surface area (Å²) < 4.78 is 15.2. The Morgan fingerprint density at radius 1 is 1.04 bits per heavy atom. The highest BCUT2D eigenvalue weighted by Gasteiger charge is 2.29. The molecule has 1 N–H and O–H groups in total. The standard InChI is InChI=1S/C16H29N3O6/c1-16(2,3)25-15(22)17-10-12(24-5)14(21)19-8-6-18(7-9-19)13(20)11-23-4/h12H,6-11H2,1-5H3,(H,17,22)/t12-/m1/s1. The van der Waals surface area contributed by atoms with Gasteiger partial charge in [-0.1, -0.05) is 0 Å². The van der Waals surface area contributed by atoms with Crippen molar-refractivity contribution in [2.75, 3.05) is 53.6 Å². The molecule has 9 nitrogen and oxygen atoms in total. The van der Waals surface area contributed by atoms with Crippen molar-refractivity contribution in [2.24, 2.45) is 0 Å². The zero-order valence-electron chi connectivity index (χ0n) is 15.7. The number of ether oxygens (including phenoxy) is 3. The van der Waals surface area contributed by atoms with Gasteiger partial charge in [0, 0.05) is 40.4 Å². The molecule has 0 aromatic heterocycles. The van der Waals surface area contributed by atoms with E-state index in [0.717, 1.165) is 0 Å². The van der Waals surface area contributed by atoms with E-state index < -0.39 is 17.8 Å². The van der Waals surface area contributed by atoms with E-state index in [1.807, 2.05) is 0 Å². The average Bonchev–Trinajstić information content (AvgIpc) is 2.54. The first kappa shape index (κ1) is 21.2. The number of hydrogen-bond donors (Lipinski definition) is 1. The topological polar surface area (TPSA) is 97.4 Å². The Balaban J connectivity index is 2.46. The first-order valence-electron chi connectivity index (χ1n) is 8.23. The number of alkyl carbamates (subject to hydrolysis) is 1. The van der Waals surface area contributed by atoms with Crippen LogP contribution in [0.4, 0.5) is 4.79 Å². The van der Waals surface area contributed by atoms with Crippen molar-refractivity contribution in [3.8, 4) is 0 Å². The molecular formula is C16H29N3O6. The highest BCUT2D eigenvalue weighted by Crippen LogP contribution is 2.08. The van der Waals surface area contributed by atoms with Gasteiger partial charge in [0.15, 0.2) is 6.10 Å². The van der Waals surface area contributed by atoms with Crippen molar-refractivity contribution in [3.63, 3.8) is 0 Å². The molecule has 0 bridgehead atoms. The van der Waals surface area contributed by atoms with E-state index in [2.05, 4.69) is 5.32 Å². The molecule has 0 spiro atoms. The van der Waals surface area contributed by atoms with Gasteiger partial charge in [-0.2, -0.15) is 0 Å². The monoisotopic (exact) mass is 359 g/mol. The van der Waals surface area contributed by atoms with Crippen LogP contribution in [0.5, 0.6) is 0 Å². The Morgan fingerprint density at radius 3 is 2.08 bits per heavy atom. The number of methoxy groups -OCH3 is 2. The van der Waals surface area contributed by atoms with Gasteiger partial charge in [-0.25, -0.2) is 4.79 Å². The third-order valence-electron chi connectivity index (χ3n) is 3.60. The lowest BCUT2D eigenvalue weighted by atomic mass is 10.2. The smallest absolute Gasteiger partial charge is 0.407 e. The number of carbonyl (C=O) groups excluding carboxylic acids is 3. The molecule has 1 atom stereocenters. The van der Waals surface area contributed by atoms with Crippen LogP contribution in [0.1, 0.15) is 20.8 Å². The molecule has 144 valence electrons. The summed E-state index contributed by atoms with van der Waals surface area (Å²) in [4.78, 5) is 39.3. The largest absolute Gasteiger partial charge is 0.444 e. The van der Waals surface area contributed by atoms with Gasteiger partial charge < -0.3 is 29.3 Å². The quantitative estimate of drug-likeness (QED) is 0.708. The van der Waals surface area contributed by atoms with Crippen molar-refractivity contribution < 1.29 is 28.6 Å². The Kier molecular flexibility index (Phi) is 8.11. The van der Waals surface area contributed by atoms with E-state index in [1.165, 1.54) is 14.2 Å². The minimum Gasteiger partial charge on any atom is -0.444 e. The lowest BCUT2D eigenvalue weighted by Gasteiger charge is -2.36. The Labute approximate surface area is 148 Å². The summed E-state index contributed by atoms with van der Waals surface area (Å²) in [6, 6.07) is 0. The molecule has 1 rings (SSSR count). The maximum absolute atomic E-state index is 12.5. The lowest BCUT2D eigenvalue weighted by Crippen LogP contribution is -2.55. The fraction of sp³-hybridized carbons (Fsp3) is 0.812. The van der Waals surface area contributed by atoms with Crippen LogP contribution in [-0.4, -0.2) is 93.0 Å². The second kappa shape index (κ2) is 9.57. The molecule has 0 unspecified atom stereocenters. The van der Waals surface area contributed by atoms with Crippen molar-refractivity contribution >= 4 is 17.9 Å². The number of carbonyl (C=O) groups is 3. The van der Waals surface area contributed by atoms with Crippen molar-refractivity contribution in [1.82, 2.24) is 15.1 Å². The fourth-order valence-electron chi connectivity index (χ4n) is 2.36. The SMILES string of the molecule is COCC(=O)N1CCN(C(=O)[C@@H](CNC(=O)OC(C)(C)C)OC)CC1. The van der Waals surface area contributed by atoms with E-state index in [9.17, 15) is 14.4 Å². The molecule has 25 heavy (non-hydrogen) atoms. The lowest BCUT2D eigenvalue weighted by molar-refractivity contribution is -0.147. The second-order valence-corrected chi connectivity index (χ2v) is 6.75. The minimum atomic E-state index is -0.797. The normalized spacial score (nSPS) is 16.4. The van der Waals surface area contributed by atoms with Crippen LogP contribution >= 0.6 is 0 Å². The number of rotatable bonds is 6. The maximum atomic E-state index is 12.5. The van der Waals surface area contributed by atoms with Crippen LogP contribution in [-0.2, 0) is 23.8 Å². The van der Waals surface area contributed by atoms with Crippen LogP contribution in [0.2, 0.25) is 0 Å². The molecule has 3 amide bonds. The summed E-state index contributed by atoms with van der Waals surface area (Å²) in [7, 11) is 2.89. The molecule has 0 aromatic rings. The minimum absolute atomic E-state index is 0.0209. The third kappa shape index (κ3) is 7.27. The van der Waals surface area contributed by atoms with Crippen LogP contribution in [0.15, 0.2) is 0 Å². The molecule has 0 radical (unpaired) electrons. The van der Waals surface area contributed by atoms with E-state index in [0.29, 0.717) is 26.2 Å². The third-order valence-corrected chi connectivity index (χ3v) is 3.60. The van der Waals surface area contributed by atoms with Gasteiger partial charge in [0.05, 0.1) is 6.54 Å². The number of nitrogens with one attached hydrogen (secondary N) is 1. The van der Waals surface area contributed by atoms with Gasteiger partial charge in [-0.3, -0.25) is 9.59 Å². The van der Waals surface area contributed by atoms with Crippen LogP contribution < -0.4 is 5.32 Å². The van der Waals surface area contributed by atoms with E-state index in [-0.39, 0.29) is 25.0 Å². The van der Waals surface area contributed by atoms with Crippen molar-refractivity contribution in [2.45, 2.75) is 32.5 Å². The predicted octanol–water partition coefficient (Wildman–Crippen LogP) is -0.157. The van der Waals surface area contributed by atoms with Gasteiger partial charge in [-0.05, 0) is 20.8 Å². The molecule has 1 aliphatic heterocycles. The zero-order valence-corrected chi connectivity index (χ0v) is 15.7. The van der Waals surface area contributed by atoms with Gasteiger partial charge in [0.25, 0.3) is 5.91 Å². The van der Waals surface area contributed by atoms with Gasteiger partial charge >= 0.3 is 6.09 Å². The van der Waals surface area contributed by atoms with E-state index in [4.69, 9.17) is 14.2 Å². The number of amides is 3. The summed E-state index contributed by atoms with van der Waals surface area (Å²) >= 11 is 0.